The molecule has 0 saturated heterocycles. The lowest BCUT2D eigenvalue weighted by Crippen LogP contribution is -2.13. The molecule has 108 valence electrons. The molecule has 2 heteroatoms. The van der Waals surface area contributed by atoms with Gasteiger partial charge in [0.25, 0.3) is 0 Å². The minimum absolute atomic E-state index is 0.876. The second-order valence-electron chi connectivity index (χ2n) is 5.55. The van der Waals surface area contributed by atoms with Gasteiger partial charge in [0.1, 0.15) is 0 Å². The van der Waals surface area contributed by atoms with E-state index in [1.807, 2.05) is 0 Å². The molecule has 1 aliphatic rings. The van der Waals surface area contributed by atoms with Gasteiger partial charge in [-0.2, -0.15) is 0 Å². The van der Waals surface area contributed by atoms with Gasteiger partial charge in [0, 0.05) is 17.1 Å². The second-order valence-corrected chi connectivity index (χ2v) is 5.99. The highest BCUT2D eigenvalue weighted by atomic mass is 32.1. The Labute approximate surface area is 132 Å². The van der Waals surface area contributed by atoms with E-state index >= 15 is 0 Å². The molecular weight excluding hydrogens is 274 g/mol. The number of hydrogen-bond donors (Lipinski definition) is 2. The Morgan fingerprint density at radius 1 is 1.19 bits per heavy atom. The Hall–Kier alpha value is -1.67. The summed E-state index contributed by atoms with van der Waals surface area (Å²) in [4.78, 5) is 1.01. The molecule has 2 aromatic carbocycles. The van der Waals surface area contributed by atoms with Crippen LogP contribution in [0.15, 0.2) is 53.6 Å². The van der Waals surface area contributed by atoms with Gasteiger partial charge in [-0.3, -0.25) is 0 Å². The minimum Gasteiger partial charge on any atom is -0.385 e. The van der Waals surface area contributed by atoms with E-state index in [4.69, 9.17) is 12.6 Å². The molecule has 0 saturated carbocycles. The Bertz CT molecular complexity index is 727. The SMILES string of the molecule is C=C(NCC)/C(S)=C1/CCCc2cc3ccccc3cc21. The van der Waals surface area contributed by atoms with Crippen LogP contribution in [-0.2, 0) is 6.42 Å². The van der Waals surface area contributed by atoms with Crippen LogP contribution in [0.25, 0.3) is 16.3 Å². The summed E-state index contributed by atoms with van der Waals surface area (Å²) in [6, 6.07) is 13.2. The van der Waals surface area contributed by atoms with Gasteiger partial charge in [-0.1, -0.05) is 36.9 Å². The molecule has 0 atom stereocenters. The van der Waals surface area contributed by atoms with Gasteiger partial charge in [0.05, 0.1) is 0 Å². The van der Waals surface area contributed by atoms with E-state index in [2.05, 4.69) is 55.2 Å². The summed E-state index contributed by atoms with van der Waals surface area (Å²) in [5.41, 5.74) is 5.04. The monoisotopic (exact) mass is 295 g/mol. The van der Waals surface area contributed by atoms with Crippen LogP contribution in [0, 0.1) is 0 Å². The van der Waals surface area contributed by atoms with Gasteiger partial charge in [0.15, 0.2) is 0 Å². The first-order valence-electron chi connectivity index (χ1n) is 7.58. The lowest BCUT2D eigenvalue weighted by atomic mass is 9.85. The number of fused-ring (bicyclic) bond motifs is 2. The maximum Gasteiger partial charge on any atom is 0.0405 e. The van der Waals surface area contributed by atoms with Crippen LogP contribution < -0.4 is 5.32 Å². The van der Waals surface area contributed by atoms with Crippen molar-refractivity contribution in [3.63, 3.8) is 0 Å². The normalized spacial score (nSPS) is 16.5. The number of thiol groups is 1. The van der Waals surface area contributed by atoms with Crippen molar-refractivity contribution in [1.82, 2.24) is 5.32 Å². The Kier molecular flexibility index (Phi) is 4.07. The van der Waals surface area contributed by atoms with E-state index in [1.165, 1.54) is 33.9 Å². The topological polar surface area (TPSA) is 12.0 Å². The first kappa shape index (κ1) is 14.3. The molecule has 0 bridgehead atoms. The fraction of sp³-hybridized carbons (Fsp3) is 0.263. The number of likely N-dealkylation sites (N-methyl/N-ethyl adjacent to an activating group) is 1. The molecule has 2 aromatic rings. The highest BCUT2D eigenvalue weighted by Crippen LogP contribution is 2.37. The Balaban J connectivity index is 2.15. The summed E-state index contributed by atoms with van der Waals surface area (Å²) >= 11 is 4.74. The van der Waals surface area contributed by atoms with Crippen molar-refractivity contribution in [2.75, 3.05) is 6.54 Å². The number of aryl methyl sites for hydroxylation is 1. The smallest absolute Gasteiger partial charge is 0.0405 e. The molecule has 0 aliphatic heterocycles. The molecule has 0 amide bonds. The number of allylic oxidation sites excluding steroid dienone is 1. The predicted octanol–water partition coefficient (Wildman–Crippen LogP) is 4.94. The highest BCUT2D eigenvalue weighted by Gasteiger charge is 2.18. The van der Waals surface area contributed by atoms with Crippen LogP contribution in [0.3, 0.4) is 0 Å². The lowest BCUT2D eigenvalue weighted by Gasteiger charge is -2.23. The third-order valence-corrected chi connectivity index (χ3v) is 4.67. The summed E-state index contributed by atoms with van der Waals surface area (Å²) in [7, 11) is 0. The first-order valence-corrected chi connectivity index (χ1v) is 8.02. The van der Waals surface area contributed by atoms with Crippen LogP contribution in [0.4, 0.5) is 0 Å². The molecule has 0 spiro atoms. The number of rotatable bonds is 3. The molecule has 0 fully saturated rings. The van der Waals surface area contributed by atoms with Crippen LogP contribution in [0.2, 0.25) is 0 Å². The van der Waals surface area contributed by atoms with Crippen molar-refractivity contribution in [3.05, 3.63) is 64.7 Å². The Morgan fingerprint density at radius 2 is 1.90 bits per heavy atom. The zero-order chi connectivity index (χ0) is 14.8. The minimum atomic E-state index is 0.876. The summed E-state index contributed by atoms with van der Waals surface area (Å²) < 4.78 is 0. The largest absolute Gasteiger partial charge is 0.385 e. The lowest BCUT2D eigenvalue weighted by molar-refractivity contribution is 0.818. The fourth-order valence-electron chi connectivity index (χ4n) is 3.09. The van der Waals surface area contributed by atoms with Crippen molar-refractivity contribution in [2.45, 2.75) is 26.2 Å². The third kappa shape index (κ3) is 2.73. The second kappa shape index (κ2) is 5.98. The van der Waals surface area contributed by atoms with E-state index in [0.717, 1.165) is 30.0 Å². The van der Waals surface area contributed by atoms with E-state index in [9.17, 15) is 0 Å². The van der Waals surface area contributed by atoms with E-state index in [-0.39, 0.29) is 0 Å². The molecule has 3 rings (SSSR count). The molecule has 0 radical (unpaired) electrons. The molecule has 1 nitrogen and oxygen atoms in total. The zero-order valence-corrected chi connectivity index (χ0v) is 13.3. The van der Waals surface area contributed by atoms with E-state index in [0.29, 0.717) is 0 Å². The summed E-state index contributed by atoms with van der Waals surface area (Å²) in [6.45, 7) is 7.07. The molecule has 0 aromatic heterocycles. The molecule has 21 heavy (non-hydrogen) atoms. The zero-order valence-electron chi connectivity index (χ0n) is 12.4. The maximum atomic E-state index is 4.74. The summed E-state index contributed by atoms with van der Waals surface area (Å²) in [5, 5.41) is 5.90. The summed E-state index contributed by atoms with van der Waals surface area (Å²) in [6.07, 6.45) is 3.41. The van der Waals surface area contributed by atoms with Crippen molar-refractivity contribution < 1.29 is 0 Å². The summed E-state index contributed by atoms with van der Waals surface area (Å²) in [5.74, 6) is 0. The number of hydrogen-bond acceptors (Lipinski definition) is 2. The molecular formula is C19H21NS. The molecule has 0 heterocycles. The maximum absolute atomic E-state index is 4.74. The van der Waals surface area contributed by atoms with Gasteiger partial charge >= 0.3 is 0 Å². The van der Waals surface area contributed by atoms with Crippen molar-refractivity contribution >= 4 is 29.0 Å². The van der Waals surface area contributed by atoms with Gasteiger partial charge in [0.2, 0.25) is 0 Å². The highest BCUT2D eigenvalue weighted by molar-refractivity contribution is 7.85. The number of benzene rings is 2. The first-order chi connectivity index (χ1) is 10.2. The predicted molar refractivity (Wildman–Crippen MR) is 95.6 cm³/mol. The average Bonchev–Trinajstić information content (AvgIpc) is 2.52. The van der Waals surface area contributed by atoms with Crippen LogP contribution >= 0.6 is 12.6 Å². The van der Waals surface area contributed by atoms with Gasteiger partial charge < -0.3 is 5.32 Å². The Morgan fingerprint density at radius 3 is 2.62 bits per heavy atom. The van der Waals surface area contributed by atoms with E-state index < -0.39 is 0 Å². The van der Waals surface area contributed by atoms with E-state index in [1.54, 1.807) is 0 Å². The third-order valence-electron chi connectivity index (χ3n) is 4.13. The van der Waals surface area contributed by atoms with Gasteiger partial charge in [-0.25, -0.2) is 0 Å². The standard InChI is InChI=1S/C19H21NS/c1-3-20-13(2)19(21)17-10-6-9-16-11-14-7-4-5-8-15(14)12-18(16)17/h4-5,7-8,11-12,20-21H,2-3,6,9-10H2,1H3/b19-17+. The molecule has 1 aliphatic carbocycles. The van der Waals surface area contributed by atoms with Crippen molar-refractivity contribution in [3.8, 4) is 0 Å². The van der Waals surface area contributed by atoms with Crippen molar-refractivity contribution in [1.29, 1.82) is 0 Å². The van der Waals surface area contributed by atoms with Crippen LogP contribution in [0.1, 0.15) is 30.9 Å². The van der Waals surface area contributed by atoms with Crippen LogP contribution in [-0.4, -0.2) is 6.54 Å². The van der Waals surface area contributed by atoms with Gasteiger partial charge in [-0.15, -0.1) is 12.6 Å². The van der Waals surface area contributed by atoms with Crippen LogP contribution in [0.5, 0.6) is 0 Å². The average molecular weight is 295 g/mol. The van der Waals surface area contributed by atoms with Gasteiger partial charge in [-0.05, 0) is 59.7 Å². The number of nitrogens with one attached hydrogen (secondary N) is 1. The van der Waals surface area contributed by atoms with Crippen molar-refractivity contribution in [2.24, 2.45) is 0 Å². The molecule has 1 N–H and O–H groups in total. The quantitative estimate of drug-likeness (QED) is 0.764. The fourth-order valence-corrected chi connectivity index (χ4v) is 3.40. The molecule has 0 unspecified atom stereocenters.